The van der Waals surface area contributed by atoms with Crippen LogP contribution in [0.15, 0.2) is 33.9 Å². The van der Waals surface area contributed by atoms with E-state index < -0.39 is 10.0 Å². The van der Waals surface area contributed by atoms with Crippen LogP contribution >= 0.6 is 0 Å². The van der Waals surface area contributed by atoms with Gasteiger partial charge < -0.3 is 14.2 Å². The molecule has 32 heavy (non-hydrogen) atoms. The average Bonchev–Trinajstić information content (AvgIpc) is 3.48. The number of aromatic nitrogens is 2. The van der Waals surface area contributed by atoms with Crippen LogP contribution in [0.5, 0.6) is 0 Å². The lowest BCUT2D eigenvalue weighted by molar-refractivity contribution is -0.138. The molecule has 0 aliphatic carbocycles. The number of carbonyl (C=O) groups is 2. The molecule has 0 aromatic carbocycles. The zero-order chi connectivity index (χ0) is 22.9. The van der Waals surface area contributed by atoms with Gasteiger partial charge in [-0.1, -0.05) is 0 Å². The van der Waals surface area contributed by atoms with Gasteiger partial charge in [0.1, 0.15) is 4.90 Å². The van der Waals surface area contributed by atoms with E-state index in [2.05, 4.69) is 5.10 Å². The van der Waals surface area contributed by atoms with Crippen molar-refractivity contribution in [2.45, 2.75) is 38.1 Å². The number of hydrogen-bond donors (Lipinski definition) is 0. The first-order valence-corrected chi connectivity index (χ1v) is 12.4. The third kappa shape index (κ3) is 4.31. The van der Waals surface area contributed by atoms with Gasteiger partial charge in [-0.05, 0) is 38.8 Å². The fourth-order valence-electron chi connectivity index (χ4n) is 4.36. The normalized spacial score (nSPS) is 20.5. The van der Waals surface area contributed by atoms with E-state index in [4.69, 9.17) is 4.42 Å². The minimum atomic E-state index is -3.71. The minimum Gasteiger partial charge on any atom is -0.459 e. The Bertz CT molecular complexity index is 1070. The number of sulfonamides is 1. The monoisotopic (exact) mass is 463 g/mol. The Morgan fingerprint density at radius 1 is 1.16 bits per heavy atom. The van der Waals surface area contributed by atoms with E-state index in [9.17, 15) is 18.0 Å². The summed E-state index contributed by atoms with van der Waals surface area (Å²) in [7, 11) is -3.71. The zero-order valence-corrected chi connectivity index (χ0v) is 19.3. The molecule has 1 unspecified atom stereocenters. The van der Waals surface area contributed by atoms with E-state index in [0.717, 1.165) is 0 Å². The summed E-state index contributed by atoms with van der Waals surface area (Å²) in [6, 6.07) is 3.30. The summed E-state index contributed by atoms with van der Waals surface area (Å²) in [6.45, 7) is 6.46. The van der Waals surface area contributed by atoms with Gasteiger partial charge in [-0.3, -0.25) is 14.3 Å². The Morgan fingerprint density at radius 3 is 2.50 bits per heavy atom. The van der Waals surface area contributed by atoms with Gasteiger partial charge in [0.25, 0.3) is 5.91 Å². The Labute approximate surface area is 187 Å². The van der Waals surface area contributed by atoms with Crippen molar-refractivity contribution in [2.24, 2.45) is 5.92 Å². The van der Waals surface area contributed by atoms with E-state index in [1.807, 2.05) is 6.92 Å². The van der Waals surface area contributed by atoms with Crippen LogP contribution < -0.4 is 0 Å². The van der Waals surface area contributed by atoms with Crippen molar-refractivity contribution in [1.82, 2.24) is 23.9 Å². The van der Waals surface area contributed by atoms with Gasteiger partial charge in [-0.25, -0.2) is 8.42 Å². The van der Waals surface area contributed by atoms with E-state index in [-0.39, 0.29) is 29.2 Å². The molecular weight excluding hydrogens is 434 g/mol. The van der Waals surface area contributed by atoms with Crippen molar-refractivity contribution in [1.29, 1.82) is 0 Å². The zero-order valence-electron chi connectivity index (χ0n) is 18.4. The van der Waals surface area contributed by atoms with Crippen LogP contribution in [0.2, 0.25) is 0 Å². The summed E-state index contributed by atoms with van der Waals surface area (Å²) >= 11 is 0. The molecule has 0 radical (unpaired) electrons. The van der Waals surface area contributed by atoms with Crippen LogP contribution in [0.4, 0.5) is 0 Å². The molecule has 2 saturated heterocycles. The number of aryl methyl sites for hydroxylation is 2. The first kappa shape index (κ1) is 22.5. The maximum atomic E-state index is 13.2. The van der Waals surface area contributed by atoms with Gasteiger partial charge in [0.15, 0.2) is 5.76 Å². The fraction of sp³-hybridized carbons (Fsp3) is 0.571. The van der Waals surface area contributed by atoms with Crippen LogP contribution in [0, 0.1) is 12.8 Å². The summed E-state index contributed by atoms with van der Waals surface area (Å²) in [5, 5.41) is 4.25. The van der Waals surface area contributed by atoms with Crippen molar-refractivity contribution in [2.75, 3.05) is 39.3 Å². The standard InChI is InChI=1S/C21H29N5O5S/c1-3-25-15-19(16(2)22-25)32(29,30)26-8-4-6-17(14-26)20(27)23-9-11-24(12-10-23)21(28)18-7-5-13-31-18/h5,7,13,15,17H,3-4,6,8-12,14H2,1-2H3. The number of rotatable bonds is 5. The minimum absolute atomic E-state index is 0.0454. The van der Waals surface area contributed by atoms with E-state index in [0.29, 0.717) is 63.6 Å². The van der Waals surface area contributed by atoms with Crippen molar-refractivity contribution >= 4 is 21.8 Å². The first-order chi connectivity index (χ1) is 15.3. The molecule has 2 aliphatic rings. The van der Waals surface area contributed by atoms with Gasteiger partial charge in [-0.2, -0.15) is 9.40 Å². The number of amides is 2. The van der Waals surface area contributed by atoms with E-state index in [1.165, 1.54) is 10.6 Å². The smallest absolute Gasteiger partial charge is 0.289 e. The lowest BCUT2D eigenvalue weighted by Crippen LogP contribution is -2.54. The molecule has 0 spiro atoms. The molecule has 174 valence electrons. The summed E-state index contributed by atoms with van der Waals surface area (Å²) < 4.78 is 34.6. The molecular formula is C21H29N5O5S. The van der Waals surface area contributed by atoms with Gasteiger partial charge >= 0.3 is 0 Å². The fourth-order valence-corrected chi connectivity index (χ4v) is 6.05. The molecule has 2 aliphatic heterocycles. The molecule has 2 aromatic heterocycles. The Balaban J connectivity index is 1.38. The van der Waals surface area contributed by atoms with Crippen molar-refractivity contribution in [3.8, 4) is 0 Å². The van der Waals surface area contributed by atoms with Crippen LogP contribution in [-0.4, -0.2) is 83.4 Å². The highest BCUT2D eigenvalue weighted by Crippen LogP contribution is 2.27. The van der Waals surface area contributed by atoms with Crippen LogP contribution in [0.25, 0.3) is 0 Å². The molecule has 4 rings (SSSR count). The van der Waals surface area contributed by atoms with Crippen LogP contribution in [0.3, 0.4) is 0 Å². The molecule has 0 bridgehead atoms. The summed E-state index contributed by atoms with van der Waals surface area (Å²) in [5.41, 5.74) is 0.470. The summed E-state index contributed by atoms with van der Waals surface area (Å²) in [4.78, 5) is 29.2. The highest BCUT2D eigenvalue weighted by Gasteiger charge is 2.37. The van der Waals surface area contributed by atoms with E-state index >= 15 is 0 Å². The topological polar surface area (TPSA) is 109 Å². The molecule has 2 aromatic rings. The lowest BCUT2D eigenvalue weighted by atomic mass is 9.97. The van der Waals surface area contributed by atoms with Crippen molar-refractivity contribution < 1.29 is 22.4 Å². The number of furan rings is 1. The summed E-state index contributed by atoms with van der Waals surface area (Å²) in [5.74, 6) is -0.317. The number of piperidine rings is 1. The number of hydrogen-bond acceptors (Lipinski definition) is 6. The van der Waals surface area contributed by atoms with Crippen molar-refractivity contribution in [3.63, 3.8) is 0 Å². The van der Waals surface area contributed by atoms with Crippen LogP contribution in [0.1, 0.15) is 36.0 Å². The predicted molar refractivity (Wildman–Crippen MR) is 115 cm³/mol. The van der Waals surface area contributed by atoms with Gasteiger partial charge in [0, 0.05) is 52.0 Å². The Kier molecular flexibility index (Phi) is 6.38. The molecule has 11 heteroatoms. The summed E-state index contributed by atoms with van der Waals surface area (Å²) in [6.07, 6.45) is 4.31. The van der Waals surface area contributed by atoms with Gasteiger partial charge in [-0.15, -0.1) is 0 Å². The highest BCUT2D eigenvalue weighted by molar-refractivity contribution is 7.89. The molecule has 10 nitrogen and oxygen atoms in total. The highest BCUT2D eigenvalue weighted by atomic mass is 32.2. The third-order valence-corrected chi connectivity index (χ3v) is 8.16. The lowest BCUT2D eigenvalue weighted by Gasteiger charge is -2.38. The predicted octanol–water partition coefficient (Wildman–Crippen LogP) is 1.19. The van der Waals surface area contributed by atoms with Gasteiger partial charge in [0.2, 0.25) is 15.9 Å². The Morgan fingerprint density at radius 2 is 1.88 bits per heavy atom. The second-order valence-corrected chi connectivity index (χ2v) is 10.1. The maximum absolute atomic E-state index is 13.2. The average molecular weight is 464 g/mol. The van der Waals surface area contributed by atoms with Crippen LogP contribution in [-0.2, 0) is 21.4 Å². The SMILES string of the molecule is CCn1cc(S(=O)(=O)N2CCCC(C(=O)N3CCN(C(=O)c4ccco4)CC3)C2)c(C)n1. The van der Waals surface area contributed by atoms with E-state index in [1.54, 1.807) is 39.7 Å². The first-order valence-electron chi connectivity index (χ1n) is 11.0. The second kappa shape index (κ2) is 9.07. The molecule has 2 fully saturated rings. The molecule has 4 heterocycles. The van der Waals surface area contributed by atoms with Crippen molar-refractivity contribution in [3.05, 3.63) is 36.0 Å². The number of carbonyl (C=O) groups excluding carboxylic acids is 2. The second-order valence-electron chi connectivity index (χ2n) is 8.23. The quantitative estimate of drug-likeness (QED) is 0.659. The molecule has 1 atom stereocenters. The molecule has 2 amide bonds. The Hall–Kier alpha value is -2.66. The number of nitrogens with zero attached hydrogens (tertiary/aromatic N) is 5. The molecule has 0 saturated carbocycles. The maximum Gasteiger partial charge on any atom is 0.289 e. The van der Waals surface area contributed by atoms with Gasteiger partial charge in [0.05, 0.1) is 17.9 Å². The molecule has 0 N–H and O–H groups in total. The third-order valence-electron chi connectivity index (χ3n) is 6.19. The number of piperazine rings is 1. The largest absolute Gasteiger partial charge is 0.459 e.